The quantitative estimate of drug-likeness (QED) is 0.343. The van der Waals surface area contributed by atoms with Gasteiger partial charge in [-0.25, -0.2) is 18.1 Å². The summed E-state index contributed by atoms with van der Waals surface area (Å²) in [6, 6.07) is 2.02. The summed E-state index contributed by atoms with van der Waals surface area (Å²) in [7, 11) is -3.36. The van der Waals surface area contributed by atoms with Crippen molar-refractivity contribution in [1.82, 2.24) is 14.7 Å². The second-order valence-electron chi connectivity index (χ2n) is 5.97. The molecule has 0 N–H and O–H groups in total. The molecular weight excluding hydrogens is 499 g/mol. The van der Waals surface area contributed by atoms with Crippen LogP contribution >= 0.6 is 23.2 Å². The Bertz CT molecular complexity index is 1170. The predicted molar refractivity (Wildman–Crippen MR) is 98.4 cm³/mol. The van der Waals surface area contributed by atoms with Gasteiger partial charge in [-0.2, -0.15) is 36.7 Å². The monoisotopic (exact) mass is 507 g/mol. The summed E-state index contributed by atoms with van der Waals surface area (Å²) in [4.78, 5) is 3.22. The lowest BCUT2D eigenvalue weighted by Crippen LogP contribution is -2.24. The van der Waals surface area contributed by atoms with Gasteiger partial charge in [-0.05, 0) is 12.1 Å². The number of hydrogen-bond acceptors (Lipinski definition) is 5. The largest absolute Gasteiger partial charge is 0.502 e. The van der Waals surface area contributed by atoms with Gasteiger partial charge in [-0.1, -0.05) is 23.2 Å². The molecule has 1 aromatic heterocycles. The van der Waals surface area contributed by atoms with Crippen LogP contribution < -0.4 is 0 Å². The highest BCUT2D eigenvalue weighted by Crippen LogP contribution is 2.43. The molecule has 0 amide bonds. The maximum absolute atomic E-state index is 13.2. The van der Waals surface area contributed by atoms with Gasteiger partial charge >= 0.3 is 11.7 Å². The van der Waals surface area contributed by atoms with E-state index in [2.05, 4.69) is 10.1 Å². The molecule has 2 rings (SSSR count). The topological polar surface area (TPSA) is 91.3 Å². The zero-order chi connectivity index (χ0) is 23.9. The number of nitrogens with zero attached hydrogens (tertiary/aromatic N) is 5. The third-order valence-electron chi connectivity index (χ3n) is 3.47. The summed E-state index contributed by atoms with van der Waals surface area (Å²) in [5.74, 6) is -1.04. The van der Waals surface area contributed by atoms with E-state index >= 15 is 0 Å². The van der Waals surface area contributed by atoms with Crippen molar-refractivity contribution in [2.24, 2.45) is 4.99 Å². The molecule has 0 bridgehead atoms. The number of aromatic nitrogens is 2. The van der Waals surface area contributed by atoms with E-state index in [1.807, 2.05) is 0 Å². The zero-order valence-corrected chi connectivity index (χ0v) is 17.5. The predicted octanol–water partition coefficient (Wildman–Crippen LogP) is 4.58. The zero-order valence-electron chi connectivity index (χ0n) is 15.2. The van der Waals surface area contributed by atoms with E-state index in [0.717, 1.165) is 6.34 Å². The smallest absolute Gasteiger partial charge is 0.369 e. The molecule has 0 saturated heterocycles. The maximum Gasteiger partial charge on any atom is 0.502 e. The van der Waals surface area contributed by atoms with E-state index in [9.17, 15) is 34.8 Å². The summed E-state index contributed by atoms with van der Waals surface area (Å²) in [5, 5.41) is 11.2. The van der Waals surface area contributed by atoms with Gasteiger partial charge in [0.05, 0.1) is 21.9 Å². The van der Waals surface area contributed by atoms with Crippen molar-refractivity contribution < 1.29 is 34.8 Å². The van der Waals surface area contributed by atoms with Gasteiger partial charge < -0.3 is 4.90 Å². The van der Waals surface area contributed by atoms with Crippen molar-refractivity contribution in [1.29, 1.82) is 5.26 Å². The molecule has 0 aliphatic rings. The fourth-order valence-electron chi connectivity index (χ4n) is 2.20. The van der Waals surface area contributed by atoms with E-state index in [-0.39, 0.29) is 0 Å². The molecule has 2 aromatic rings. The third-order valence-corrected chi connectivity index (χ3v) is 5.56. The number of rotatable bonds is 4. The first-order valence-corrected chi connectivity index (χ1v) is 9.88. The van der Waals surface area contributed by atoms with Crippen molar-refractivity contribution >= 4 is 45.2 Å². The lowest BCUT2D eigenvalue weighted by molar-refractivity contribution is -0.137. The number of halogens is 8. The fourth-order valence-corrected chi connectivity index (χ4v) is 3.80. The number of sulfone groups is 1. The first-order valence-electron chi connectivity index (χ1n) is 7.64. The van der Waals surface area contributed by atoms with Crippen molar-refractivity contribution in [3.8, 4) is 11.8 Å². The molecule has 16 heteroatoms. The number of alkyl halides is 6. The first-order chi connectivity index (χ1) is 14.0. The summed E-state index contributed by atoms with van der Waals surface area (Å²) in [6.45, 7) is 0. The molecule has 1 heterocycles. The molecule has 0 unspecified atom stereocenters. The van der Waals surface area contributed by atoms with Crippen molar-refractivity contribution in [3.63, 3.8) is 0 Å². The van der Waals surface area contributed by atoms with Crippen LogP contribution in [0.5, 0.6) is 0 Å². The Morgan fingerprint density at radius 2 is 1.68 bits per heavy atom. The summed E-state index contributed by atoms with van der Waals surface area (Å²) < 4.78 is 103. The Hall–Kier alpha value is -2.50. The Kier molecular flexibility index (Phi) is 6.56. The fraction of sp³-hybridized carbons (Fsp3) is 0.267. The van der Waals surface area contributed by atoms with Gasteiger partial charge in [0.1, 0.15) is 11.8 Å². The van der Waals surface area contributed by atoms with Gasteiger partial charge in [0.15, 0.2) is 16.4 Å². The molecule has 0 aliphatic carbocycles. The van der Waals surface area contributed by atoms with Crippen LogP contribution in [0.1, 0.15) is 11.3 Å². The lowest BCUT2D eigenvalue weighted by Gasteiger charge is -2.14. The van der Waals surface area contributed by atoms with Crippen molar-refractivity contribution in [2.75, 3.05) is 14.1 Å². The highest BCUT2D eigenvalue weighted by molar-refractivity contribution is 7.92. The minimum atomic E-state index is -6.15. The second-order valence-corrected chi connectivity index (χ2v) is 8.66. The van der Waals surface area contributed by atoms with Crippen LogP contribution in [0.15, 0.2) is 22.0 Å². The molecule has 0 aliphatic heterocycles. The van der Waals surface area contributed by atoms with Gasteiger partial charge in [-0.3, -0.25) is 0 Å². The van der Waals surface area contributed by atoms with Crippen LogP contribution in [0.3, 0.4) is 0 Å². The van der Waals surface area contributed by atoms with Crippen LogP contribution in [0, 0.1) is 11.3 Å². The van der Waals surface area contributed by atoms with Gasteiger partial charge in [-0.15, -0.1) is 0 Å². The molecule has 7 nitrogen and oxygen atoms in total. The van der Waals surface area contributed by atoms with Crippen LogP contribution in [-0.2, 0) is 16.0 Å². The molecule has 0 atom stereocenters. The molecule has 0 saturated carbocycles. The highest BCUT2D eigenvalue weighted by atomic mass is 35.5. The van der Waals surface area contributed by atoms with E-state index in [0.29, 0.717) is 16.8 Å². The van der Waals surface area contributed by atoms with Crippen molar-refractivity contribution in [3.05, 3.63) is 33.4 Å². The first kappa shape index (κ1) is 24.8. The molecule has 168 valence electrons. The Labute approximate surface area is 181 Å². The number of benzene rings is 1. The number of nitriles is 1. The Morgan fingerprint density at radius 1 is 1.16 bits per heavy atom. The van der Waals surface area contributed by atoms with Gasteiger partial charge in [0, 0.05) is 14.1 Å². The second kappa shape index (κ2) is 8.21. The molecule has 0 fully saturated rings. The number of aliphatic imine (C=N–C) groups is 1. The maximum atomic E-state index is 13.2. The molecule has 0 spiro atoms. The van der Waals surface area contributed by atoms with E-state index < -0.39 is 59.2 Å². The van der Waals surface area contributed by atoms with E-state index in [4.69, 9.17) is 28.5 Å². The normalized spacial score (nSPS) is 12.9. The van der Waals surface area contributed by atoms with Crippen LogP contribution in [0.4, 0.5) is 32.2 Å². The summed E-state index contributed by atoms with van der Waals surface area (Å²) >= 11 is 11.7. The Morgan fingerprint density at radius 3 is 2.06 bits per heavy atom. The average molecular weight is 508 g/mol. The summed E-state index contributed by atoms with van der Waals surface area (Å²) in [6.07, 6.45) is -3.97. The third kappa shape index (κ3) is 4.73. The minimum Gasteiger partial charge on any atom is -0.369 e. The van der Waals surface area contributed by atoms with Gasteiger partial charge in [0.25, 0.3) is 9.84 Å². The number of hydrogen-bond donors (Lipinski definition) is 0. The standard InChI is InChI=1S/C15H9Cl2F6N5O2S/c1-27(2)6-25-13-12(31(29,30)15(21,22)23)10(5-24)26-28(13)11-8(16)3-7(4-9(11)17)14(18,19)20/h3-4,6H,1-2H3/b25-6+. The minimum absolute atomic E-state index is 0.363. The lowest BCUT2D eigenvalue weighted by atomic mass is 10.2. The van der Waals surface area contributed by atoms with Crippen molar-refractivity contribution in [2.45, 2.75) is 16.6 Å². The summed E-state index contributed by atoms with van der Waals surface area (Å²) in [5.41, 5.74) is -8.93. The highest BCUT2D eigenvalue weighted by Gasteiger charge is 2.51. The molecule has 31 heavy (non-hydrogen) atoms. The molecule has 0 radical (unpaired) electrons. The molecule has 1 aromatic carbocycles. The van der Waals surface area contributed by atoms with Crippen LogP contribution in [0.25, 0.3) is 5.69 Å². The Balaban J connectivity index is 2.99. The van der Waals surface area contributed by atoms with E-state index in [1.165, 1.54) is 25.1 Å². The SMILES string of the molecule is CN(C)/C=N/c1c(S(=O)(=O)C(F)(F)F)c(C#N)nn1-c1c(Cl)cc(C(F)(F)F)cc1Cl. The molecular formula is C15H9Cl2F6N5O2S. The van der Waals surface area contributed by atoms with E-state index in [1.54, 1.807) is 0 Å². The van der Waals surface area contributed by atoms with Crippen LogP contribution in [-0.4, -0.2) is 49.0 Å². The van der Waals surface area contributed by atoms with Crippen LogP contribution in [0.2, 0.25) is 10.0 Å². The average Bonchev–Trinajstić information content (AvgIpc) is 2.96. The van der Waals surface area contributed by atoms with Gasteiger partial charge in [0.2, 0.25) is 0 Å².